The summed E-state index contributed by atoms with van der Waals surface area (Å²) in [4.78, 5) is 28.1. The number of hydrogen-bond acceptors (Lipinski definition) is 5. The van der Waals surface area contributed by atoms with Crippen molar-refractivity contribution in [1.29, 1.82) is 0 Å². The van der Waals surface area contributed by atoms with Crippen molar-refractivity contribution in [2.24, 2.45) is 0 Å². The van der Waals surface area contributed by atoms with E-state index in [1.165, 1.54) is 4.57 Å². The van der Waals surface area contributed by atoms with Crippen LogP contribution in [-0.2, 0) is 4.74 Å². The zero-order valence-electron chi connectivity index (χ0n) is 18.2. The van der Waals surface area contributed by atoms with Gasteiger partial charge in [-0.15, -0.1) is 0 Å². The molecule has 0 radical (unpaired) electrons. The van der Waals surface area contributed by atoms with Gasteiger partial charge in [0.2, 0.25) is 0 Å². The molecule has 1 saturated heterocycles. The molecule has 2 heterocycles. The summed E-state index contributed by atoms with van der Waals surface area (Å²) in [6.07, 6.45) is 6.48. The Labute approximate surface area is 177 Å². The monoisotopic (exact) mass is 518 g/mol. The Balaban J connectivity index is 2.51. The van der Waals surface area contributed by atoms with Crippen LogP contribution in [0.4, 0.5) is 0 Å². The maximum absolute atomic E-state index is 13.0. The minimum absolute atomic E-state index is 0.220. The van der Waals surface area contributed by atoms with Crippen LogP contribution in [0.3, 0.4) is 0 Å². The van der Waals surface area contributed by atoms with Crippen LogP contribution in [0.25, 0.3) is 0 Å². The molecule has 0 saturated carbocycles. The summed E-state index contributed by atoms with van der Waals surface area (Å²) in [5.41, 5.74) is -0.723. The standard InChI is InChI=1S/C9H11N2O5.3C4H9.Sn/c12-4-6-5(13)3-8(16-6)11-2-1-7(14)10-9(11)15;3*1-3-4-2;/h2,5-6,8,12-13H,3-4H2,(H,10,14,15);3*1,3-4H2,2H3;/t5-,6+,8+;;;;/m0..../s1. The fourth-order valence-electron chi connectivity index (χ4n) is 4.45. The number of aliphatic hydroxyl groups is 2. The first-order valence-electron chi connectivity index (χ1n) is 11.2. The number of unbranched alkanes of at least 4 members (excludes halogenated alkanes) is 3. The third-order valence-electron chi connectivity index (χ3n) is 6.26. The van der Waals surface area contributed by atoms with Gasteiger partial charge in [-0.2, -0.15) is 0 Å². The number of H-pyrrole nitrogens is 1. The van der Waals surface area contributed by atoms with Crippen molar-refractivity contribution >= 4 is 22.0 Å². The average molecular weight is 517 g/mol. The Bertz CT molecular complexity index is 726. The van der Waals surface area contributed by atoms with E-state index in [1.807, 2.05) is 0 Å². The quantitative estimate of drug-likeness (QED) is 0.369. The predicted molar refractivity (Wildman–Crippen MR) is 117 cm³/mol. The molecule has 0 aromatic carbocycles. The van der Waals surface area contributed by atoms with Crippen LogP contribution in [0.1, 0.15) is 71.9 Å². The molecule has 7 nitrogen and oxygen atoms in total. The van der Waals surface area contributed by atoms with Gasteiger partial charge in [0, 0.05) is 0 Å². The maximum atomic E-state index is 13.0. The first kappa shape index (κ1) is 24.6. The number of rotatable bonds is 12. The molecule has 0 aliphatic carbocycles. The molecule has 3 N–H and O–H groups in total. The van der Waals surface area contributed by atoms with Gasteiger partial charge < -0.3 is 0 Å². The molecule has 0 amide bonds. The van der Waals surface area contributed by atoms with Gasteiger partial charge in [0.15, 0.2) is 0 Å². The van der Waals surface area contributed by atoms with Crippen LogP contribution in [0.5, 0.6) is 0 Å². The normalized spacial score (nSPS) is 22.3. The Hall–Kier alpha value is -0.641. The molecule has 2 rings (SSSR count). The molecular weight excluding hydrogens is 479 g/mol. The second kappa shape index (κ2) is 11.7. The van der Waals surface area contributed by atoms with Crippen LogP contribution < -0.4 is 14.8 Å². The Morgan fingerprint density at radius 2 is 1.66 bits per heavy atom. The first-order chi connectivity index (χ1) is 13.9. The number of ether oxygens (including phenoxy) is 1. The average Bonchev–Trinajstić information content (AvgIpc) is 3.08. The van der Waals surface area contributed by atoms with E-state index in [4.69, 9.17) is 4.74 Å². The molecule has 1 aliphatic rings. The van der Waals surface area contributed by atoms with Crippen LogP contribution in [-0.4, -0.2) is 57.0 Å². The van der Waals surface area contributed by atoms with Gasteiger partial charge in [-0.25, -0.2) is 0 Å². The van der Waals surface area contributed by atoms with Crippen LogP contribution in [0, 0.1) is 0 Å². The van der Waals surface area contributed by atoms with Gasteiger partial charge in [-0.05, 0) is 0 Å². The summed E-state index contributed by atoms with van der Waals surface area (Å²) in [5, 5.41) is 19.5. The van der Waals surface area contributed by atoms with Gasteiger partial charge in [-0.1, -0.05) is 0 Å². The van der Waals surface area contributed by atoms with Crippen LogP contribution in [0.2, 0.25) is 13.3 Å². The first-order valence-corrected chi connectivity index (χ1v) is 18.7. The van der Waals surface area contributed by atoms with E-state index in [9.17, 15) is 19.8 Å². The molecule has 1 aromatic heterocycles. The molecule has 1 aromatic rings. The SMILES string of the molecule is CCC[CH2][Sn]([CH2]CCC)([CH2]CCC)[c]1cn([C@H]2C[C@H](O)[C@@H](CO)O2)c(=O)[nH]c1=O. The second-order valence-electron chi connectivity index (χ2n) is 8.42. The van der Waals surface area contributed by atoms with Crippen molar-refractivity contribution in [2.75, 3.05) is 6.61 Å². The molecule has 3 atom stereocenters. The molecule has 166 valence electrons. The van der Waals surface area contributed by atoms with Crippen LogP contribution in [0.15, 0.2) is 15.8 Å². The molecule has 0 spiro atoms. The van der Waals surface area contributed by atoms with Gasteiger partial charge in [0.25, 0.3) is 0 Å². The molecular formula is C21H38N2O5Sn. The summed E-state index contributed by atoms with van der Waals surface area (Å²) >= 11 is -3.04. The molecule has 0 unspecified atom stereocenters. The number of hydrogen-bond donors (Lipinski definition) is 3. The van der Waals surface area contributed by atoms with Crippen molar-refractivity contribution in [3.8, 4) is 0 Å². The van der Waals surface area contributed by atoms with Crippen molar-refractivity contribution < 1.29 is 14.9 Å². The number of aliphatic hydroxyl groups excluding tert-OH is 2. The molecule has 1 fully saturated rings. The van der Waals surface area contributed by atoms with E-state index in [0.717, 1.165) is 55.4 Å². The Kier molecular flexibility index (Phi) is 9.91. The van der Waals surface area contributed by atoms with Gasteiger partial charge >= 0.3 is 178 Å². The van der Waals surface area contributed by atoms with Crippen molar-refractivity contribution in [3.05, 3.63) is 27.0 Å². The topological polar surface area (TPSA) is 105 Å². The van der Waals surface area contributed by atoms with E-state index >= 15 is 0 Å². The number of aromatic nitrogens is 2. The van der Waals surface area contributed by atoms with E-state index in [-0.39, 0.29) is 18.6 Å². The zero-order valence-corrected chi connectivity index (χ0v) is 21.0. The van der Waals surface area contributed by atoms with E-state index in [1.54, 1.807) is 6.20 Å². The van der Waals surface area contributed by atoms with Gasteiger partial charge in [-0.3, -0.25) is 0 Å². The minimum atomic E-state index is -3.04. The van der Waals surface area contributed by atoms with E-state index in [2.05, 4.69) is 25.8 Å². The zero-order chi connectivity index (χ0) is 21.4. The van der Waals surface area contributed by atoms with Crippen molar-refractivity contribution in [1.82, 2.24) is 9.55 Å². The summed E-state index contributed by atoms with van der Waals surface area (Å²) in [6, 6.07) is 0. The fraction of sp³-hybridized carbons (Fsp3) is 0.810. The van der Waals surface area contributed by atoms with E-state index < -0.39 is 42.5 Å². The van der Waals surface area contributed by atoms with E-state index in [0.29, 0.717) is 0 Å². The summed E-state index contributed by atoms with van der Waals surface area (Å²) < 4.78 is 11.4. The second-order valence-corrected chi connectivity index (χ2v) is 21.5. The number of nitrogens with zero attached hydrogens (tertiary/aromatic N) is 1. The molecule has 8 heteroatoms. The predicted octanol–water partition coefficient (Wildman–Crippen LogP) is 2.23. The number of nitrogens with one attached hydrogen (secondary N) is 1. The third kappa shape index (κ3) is 5.95. The van der Waals surface area contributed by atoms with Crippen molar-refractivity contribution in [3.63, 3.8) is 0 Å². The van der Waals surface area contributed by atoms with Gasteiger partial charge in [0.05, 0.1) is 0 Å². The fourth-order valence-corrected chi connectivity index (χ4v) is 20.5. The molecule has 1 aliphatic heterocycles. The number of aromatic amines is 1. The molecule has 0 bridgehead atoms. The Morgan fingerprint density at radius 3 is 2.10 bits per heavy atom. The summed E-state index contributed by atoms with van der Waals surface area (Å²) in [7, 11) is 0. The third-order valence-corrected chi connectivity index (χ3v) is 21.8. The van der Waals surface area contributed by atoms with Crippen LogP contribution >= 0.6 is 0 Å². The van der Waals surface area contributed by atoms with Gasteiger partial charge in [0.1, 0.15) is 0 Å². The molecule has 29 heavy (non-hydrogen) atoms. The summed E-state index contributed by atoms with van der Waals surface area (Å²) in [5.74, 6) is 0. The summed E-state index contributed by atoms with van der Waals surface area (Å²) in [6.45, 7) is 6.26. The Morgan fingerprint density at radius 1 is 1.10 bits per heavy atom. The van der Waals surface area contributed by atoms with Crippen molar-refractivity contribution in [2.45, 2.75) is 97.5 Å².